The number of ether oxygens (including phenoxy) is 1. The number of amides is 1. The minimum Gasteiger partial charge on any atom is -0.493 e. The molecule has 0 aromatic heterocycles. The zero-order valence-corrected chi connectivity index (χ0v) is 20.3. The number of hydrogen-bond donors (Lipinski definition) is 1. The lowest BCUT2D eigenvalue weighted by molar-refractivity contribution is -0.114. The van der Waals surface area contributed by atoms with Crippen LogP contribution in [0.5, 0.6) is 11.5 Å². The summed E-state index contributed by atoms with van der Waals surface area (Å²) in [4.78, 5) is 16.7. The first kappa shape index (κ1) is 23.7. The maximum Gasteiger partial charge on any atom is 0.339 e. The molecule has 0 aliphatic carbocycles. The van der Waals surface area contributed by atoms with Crippen LogP contribution in [-0.2, 0) is 14.9 Å². The van der Waals surface area contributed by atoms with Crippen molar-refractivity contribution in [2.24, 2.45) is 16.0 Å². The van der Waals surface area contributed by atoms with Gasteiger partial charge in [0, 0.05) is 6.42 Å². The quantitative estimate of drug-likeness (QED) is 0.450. The number of thioether (sulfide) groups is 1. The standard InChI is InChI=1S/C23H22N4O5S2/c1-14(2)11-20-26-27-21(24)17(22(28)25-23(27)33-20)12-15-9-10-18(19(13-15)31-3)32-34(29,30)16-7-5-4-6-8-16/h4-10,12-14,24H,11H2,1-3H3. The monoisotopic (exact) mass is 498 g/mol. The van der Waals surface area contributed by atoms with E-state index in [4.69, 9.17) is 14.3 Å². The van der Waals surface area contributed by atoms with Gasteiger partial charge in [-0.25, -0.2) is 0 Å². The molecule has 2 aromatic carbocycles. The van der Waals surface area contributed by atoms with Crippen LogP contribution in [0.2, 0.25) is 0 Å². The summed E-state index contributed by atoms with van der Waals surface area (Å²) in [6.45, 7) is 4.13. The molecule has 9 nitrogen and oxygen atoms in total. The summed E-state index contributed by atoms with van der Waals surface area (Å²) >= 11 is 1.29. The molecule has 176 valence electrons. The maximum absolute atomic E-state index is 12.6. The van der Waals surface area contributed by atoms with E-state index >= 15 is 0 Å². The number of nitrogens with zero attached hydrogens (tertiary/aromatic N) is 3. The number of methoxy groups -OCH3 is 1. The molecule has 0 radical (unpaired) electrons. The molecule has 1 amide bonds. The number of fused-ring (bicyclic) bond motifs is 1. The molecule has 0 spiro atoms. The Morgan fingerprint density at radius 1 is 1.15 bits per heavy atom. The lowest BCUT2D eigenvalue weighted by Gasteiger charge is -2.20. The van der Waals surface area contributed by atoms with Crippen molar-refractivity contribution in [2.45, 2.75) is 25.2 Å². The summed E-state index contributed by atoms with van der Waals surface area (Å²) in [5, 5.41) is 15.4. The first-order chi connectivity index (χ1) is 16.2. The molecule has 4 rings (SSSR count). The Morgan fingerprint density at radius 2 is 1.88 bits per heavy atom. The summed E-state index contributed by atoms with van der Waals surface area (Å²) in [6, 6.07) is 12.3. The molecule has 2 aliphatic heterocycles. The third kappa shape index (κ3) is 4.90. The minimum atomic E-state index is -4.05. The van der Waals surface area contributed by atoms with Crippen molar-refractivity contribution in [3.63, 3.8) is 0 Å². The van der Waals surface area contributed by atoms with Crippen molar-refractivity contribution in [1.29, 1.82) is 5.41 Å². The van der Waals surface area contributed by atoms with Gasteiger partial charge >= 0.3 is 10.1 Å². The Kier molecular flexibility index (Phi) is 6.58. The highest BCUT2D eigenvalue weighted by Gasteiger charge is 2.35. The Morgan fingerprint density at radius 3 is 2.56 bits per heavy atom. The average Bonchev–Trinajstić information content (AvgIpc) is 3.19. The SMILES string of the molecule is COc1cc(C=C2C(=N)N3N=C(CC(C)C)SC3=NC2=O)ccc1OS(=O)(=O)c1ccccc1. The molecule has 0 fully saturated rings. The molecule has 2 heterocycles. The van der Waals surface area contributed by atoms with Crippen LogP contribution in [0.25, 0.3) is 6.08 Å². The summed E-state index contributed by atoms with van der Waals surface area (Å²) in [6.07, 6.45) is 2.22. The molecule has 2 aliphatic rings. The Hall–Kier alpha value is -3.44. The van der Waals surface area contributed by atoms with Crippen molar-refractivity contribution in [3.8, 4) is 11.5 Å². The van der Waals surface area contributed by atoms with E-state index in [-0.39, 0.29) is 27.8 Å². The molecule has 34 heavy (non-hydrogen) atoms. The van der Waals surface area contributed by atoms with Crippen LogP contribution in [0.4, 0.5) is 0 Å². The zero-order chi connectivity index (χ0) is 24.5. The second-order valence-corrected chi connectivity index (χ2v) is 10.5. The first-order valence-electron chi connectivity index (χ1n) is 10.3. The zero-order valence-electron chi connectivity index (χ0n) is 18.7. The number of rotatable bonds is 7. The molecule has 1 N–H and O–H groups in total. The number of carbonyl (C=O) groups is 1. The molecule has 0 unspecified atom stereocenters. The van der Waals surface area contributed by atoms with Crippen molar-refractivity contribution < 1.29 is 22.1 Å². The van der Waals surface area contributed by atoms with Crippen LogP contribution in [0.15, 0.2) is 69.1 Å². The molecule has 0 saturated carbocycles. The van der Waals surface area contributed by atoms with Crippen LogP contribution >= 0.6 is 11.8 Å². The highest BCUT2D eigenvalue weighted by molar-refractivity contribution is 8.26. The summed E-state index contributed by atoms with van der Waals surface area (Å²) in [7, 11) is -2.67. The fourth-order valence-corrected chi connectivity index (χ4v) is 5.28. The number of aliphatic imine (C=N–C) groups is 1. The van der Waals surface area contributed by atoms with E-state index in [0.29, 0.717) is 16.6 Å². The Balaban J connectivity index is 1.61. The molecule has 0 saturated heterocycles. The predicted molar refractivity (Wildman–Crippen MR) is 132 cm³/mol. The lowest BCUT2D eigenvalue weighted by atomic mass is 10.1. The molecular weight excluding hydrogens is 476 g/mol. The van der Waals surface area contributed by atoms with Crippen LogP contribution in [0.1, 0.15) is 25.8 Å². The number of amidine groups is 2. The molecule has 11 heteroatoms. The van der Waals surface area contributed by atoms with Gasteiger partial charge in [0.2, 0.25) is 5.17 Å². The van der Waals surface area contributed by atoms with Gasteiger partial charge < -0.3 is 8.92 Å². The van der Waals surface area contributed by atoms with Gasteiger partial charge in [0.25, 0.3) is 5.91 Å². The summed E-state index contributed by atoms with van der Waals surface area (Å²) in [5.74, 6) is -0.0885. The van der Waals surface area contributed by atoms with E-state index in [0.717, 1.165) is 11.5 Å². The van der Waals surface area contributed by atoms with Gasteiger partial charge in [0.05, 0.1) is 12.7 Å². The molecule has 0 atom stereocenters. The van der Waals surface area contributed by atoms with E-state index in [1.54, 1.807) is 24.3 Å². The van der Waals surface area contributed by atoms with Gasteiger partial charge in [0.15, 0.2) is 17.3 Å². The van der Waals surface area contributed by atoms with Gasteiger partial charge in [-0.2, -0.15) is 23.5 Å². The van der Waals surface area contributed by atoms with E-state index in [1.807, 2.05) is 0 Å². The average molecular weight is 499 g/mol. The van der Waals surface area contributed by atoms with Crippen LogP contribution in [0, 0.1) is 11.3 Å². The van der Waals surface area contributed by atoms with Crippen molar-refractivity contribution >= 4 is 49.9 Å². The highest BCUT2D eigenvalue weighted by Crippen LogP contribution is 2.33. The number of carbonyl (C=O) groups excluding carboxylic acids is 1. The first-order valence-corrected chi connectivity index (χ1v) is 12.6. The fraction of sp³-hybridized carbons (Fsp3) is 0.217. The smallest absolute Gasteiger partial charge is 0.339 e. The van der Waals surface area contributed by atoms with Crippen LogP contribution in [0.3, 0.4) is 0 Å². The predicted octanol–water partition coefficient (Wildman–Crippen LogP) is 4.13. The minimum absolute atomic E-state index is 0.00210. The van der Waals surface area contributed by atoms with Gasteiger partial charge in [0.1, 0.15) is 9.94 Å². The van der Waals surface area contributed by atoms with Crippen LogP contribution < -0.4 is 8.92 Å². The fourth-order valence-electron chi connectivity index (χ4n) is 3.23. The van der Waals surface area contributed by atoms with E-state index in [1.165, 1.54) is 54.2 Å². The summed E-state index contributed by atoms with van der Waals surface area (Å²) in [5.41, 5.74) is 0.567. The Labute approximate surface area is 201 Å². The normalized spacial score (nSPS) is 17.1. The second kappa shape index (κ2) is 9.43. The maximum atomic E-state index is 12.6. The van der Waals surface area contributed by atoms with E-state index < -0.39 is 16.0 Å². The van der Waals surface area contributed by atoms with E-state index in [2.05, 4.69) is 23.9 Å². The second-order valence-electron chi connectivity index (χ2n) is 7.87. The number of hydrazone groups is 1. The highest BCUT2D eigenvalue weighted by atomic mass is 32.2. The number of benzene rings is 2. The van der Waals surface area contributed by atoms with Crippen molar-refractivity contribution in [1.82, 2.24) is 5.01 Å². The third-order valence-corrected chi connectivity index (χ3v) is 6.99. The lowest BCUT2D eigenvalue weighted by Crippen LogP contribution is -2.35. The van der Waals surface area contributed by atoms with Gasteiger partial charge in [-0.15, -0.1) is 0 Å². The topological polar surface area (TPSA) is 121 Å². The van der Waals surface area contributed by atoms with Gasteiger partial charge in [-0.1, -0.05) is 38.1 Å². The Bertz CT molecular complexity index is 1350. The third-order valence-electron chi connectivity index (χ3n) is 4.81. The van der Waals surface area contributed by atoms with Crippen LogP contribution in [-0.4, -0.2) is 42.5 Å². The van der Waals surface area contributed by atoms with Crippen molar-refractivity contribution in [3.05, 3.63) is 59.7 Å². The van der Waals surface area contributed by atoms with Crippen molar-refractivity contribution in [2.75, 3.05) is 7.11 Å². The number of nitrogens with one attached hydrogen (secondary N) is 1. The van der Waals surface area contributed by atoms with Gasteiger partial charge in [-0.3, -0.25) is 10.2 Å². The van der Waals surface area contributed by atoms with E-state index in [9.17, 15) is 13.2 Å². The van der Waals surface area contributed by atoms with Gasteiger partial charge in [-0.05, 0) is 53.6 Å². The molecular formula is C23H22N4O5S2. The molecule has 0 bridgehead atoms. The summed E-state index contributed by atoms with van der Waals surface area (Å²) < 4.78 is 35.7. The molecule has 2 aromatic rings. The number of hydrogen-bond acceptors (Lipinski definition) is 8. The largest absolute Gasteiger partial charge is 0.493 e.